The molecule has 1 aliphatic rings. The second kappa shape index (κ2) is 4.95. The SMILES string of the molecule is CN(C)C1COc2ccc(S[N+](=O)[O-])cc2C1=O. The van der Waals surface area contributed by atoms with E-state index in [9.17, 15) is 14.9 Å². The molecule has 6 nitrogen and oxygen atoms in total. The summed E-state index contributed by atoms with van der Waals surface area (Å²) in [6.45, 7) is 0.306. The van der Waals surface area contributed by atoms with Gasteiger partial charge in [-0.05, 0) is 32.3 Å². The molecule has 2 rings (SSSR count). The molecule has 0 amide bonds. The smallest absolute Gasteiger partial charge is 0.265 e. The lowest BCUT2D eigenvalue weighted by molar-refractivity contribution is -0.284. The zero-order valence-corrected chi connectivity index (χ0v) is 10.8. The monoisotopic (exact) mass is 268 g/mol. The number of carbonyl (C=O) groups is 1. The van der Waals surface area contributed by atoms with Crippen LogP contribution in [-0.4, -0.2) is 41.8 Å². The van der Waals surface area contributed by atoms with Gasteiger partial charge in [-0.3, -0.25) is 19.8 Å². The third kappa shape index (κ3) is 2.46. The summed E-state index contributed by atoms with van der Waals surface area (Å²) in [5.41, 5.74) is 0.409. The van der Waals surface area contributed by atoms with E-state index in [1.165, 1.54) is 6.07 Å². The number of carbonyl (C=O) groups excluding carboxylic acids is 1. The van der Waals surface area contributed by atoms with E-state index in [1.807, 2.05) is 0 Å². The van der Waals surface area contributed by atoms with Gasteiger partial charge in [0.1, 0.15) is 22.7 Å². The first-order chi connectivity index (χ1) is 8.49. The van der Waals surface area contributed by atoms with Crippen molar-refractivity contribution in [1.29, 1.82) is 0 Å². The molecule has 1 aromatic rings. The number of hydrogen-bond acceptors (Lipinski definition) is 6. The van der Waals surface area contributed by atoms with Crippen LogP contribution in [0.25, 0.3) is 0 Å². The molecule has 1 aliphatic heterocycles. The molecule has 7 heteroatoms. The Labute approximate surface area is 108 Å². The van der Waals surface area contributed by atoms with Crippen molar-refractivity contribution in [3.05, 3.63) is 33.9 Å². The second-order valence-corrected chi connectivity index (χ2v) is 5.08. The van der Waals surface area contributed by atoms with E-state index in [0.29, 0.717) is 34.8 Å². The van der Waals surface area contributed by atoms with Crippen LogP contribution < -0.4 is 4.74 Å². The molecule has 1 aromatic carbocycles. The predicted octanol–water partition coefficient (Wildman–Crippen LogP) is 1.48. The normalized spacial score (nSPS) is 18.4. The Bertz CT molecular complexity index is 504. The van der Waals surface area contributed by atoms with Gasteiger partial charge in [-0.15, -0.1) is 0 Å². The van der Waals surface area contributed by atoms with Crippen molar-refractivity contribution >= 4 is 17.7 Å². The Morgan fingerprint density at radius 2 is 2.22 bits per heavy atom. The van der Waals surface area contributed by atoms with Gasteiger partial charge in [-0.2, -0.15) is 0 Å². The van der Waals surface area contributed by atoms with Crippen LogP contribution in [0.15, 0.2) is 23.1 Å². The Morgan fingerprint density at radius 3 is 2.83 bits per heavy atom. The van der Waals surface area contributed by atoms with Crippen molar-refractivity contribution in [2.75, 3.05) is 20.7 Å². The van der Waals surface area contributed by atoms with Crippen LogP contribution in [0, 0.1) is 10.1 Å². The fourth-order valence-corrected chi connectivity index (χ4v) is 2.25. The quantitative estimate of drug-likeness (QED) is 0.469. The van der Waals surface area contributed by atoms with Gasteiger partial charge >= 0.3 is 0 Å². The zero-order valence-electron chi connectivity index (χ0n) is 9.95. The molecule has 0 aromatic heterocycles. The molecule has 0 saturated heterocycles. The maximum Gasteiger partial charge on any atom is 0.265 e. The topological polar surface area (TPSA) is 72.7 Å². The average molecular weight is 268 g/mol. The van der Waals surface area contributed by atoms with Gasteiger partial charge in [-0.25, -0.2) is 0 Å². The summed E-state index contributed by atoms with van der Waals surface area (Å²) in [6.07, 6.45) is 0. The van der Waals surface area contributed by atoms with E-state index in [0.717, 1.165) is 0 Å². The number of fused-ring (bicyclic) bond motifs is 1. The van der Waals surface area contributed by atoms with Crippen LogP contribution in [-0.2, 0) is 0 Å². The number of ether oxygens (including phenoxy) is 1. The maximum absolute atomic E-state index is 12.2. The molecule has 0 bridgehead atoms. The van der Waals surface area contributed by atoms with E-state index in [1.54, 1.807) is 31.1 Å². The van der Waals surface area contributed by atoms with Crippen molar-refractivity contribution in [1.82, 2.24) is 4.90 Å². The van der Waals surface area contributed by atoms with Crippen molar-refractivity contribution in [2.24, 2.45) is 0 Å². The molecule has 1 unspecified atom stereocenters. The van der Waals surface area contributed by atoms with E-state index in [4.69, 9.17) is 4.74 Å². The summed E-state index contributed by atoms with van der Waals surface area (Å²) in [6, 6.07) is 4.36. The third-order valence-electron chi connectivity index (χ3n) is 2.72. The molecule has 1 atom stereocenters. The molecule has 0 spiro atoms. The second-order valence-electron chi connectivity index (χ2n) is 4.13. The van der Waals surface area contributed by atoms with Crippen LogP contribution in [0.5, 0.6) is 5.75 Å². The van der Waals surface area contributed by atoms with E-state index < -0.39 is 4.33 Å². The first kappa shape index (κ1) is 12.8. The fourth-order valence-electron chi connectivity index (χ4n) is 1.78. The van der Waals surface area contributed by atoms with Gasteiger partial charge in [0.2, 0.25) is 0 Å². The number of ketones is 1. The minimum Gasteiger partial charge on any atom is -0.491 e. The van der Waals surface area contributed by atoms with Crippen molar-refractivity contribution in [3.8, 4) is 5.75 Å². The number of likely N-dealkylation sites (N-methyl/N-ethyl adjacent to an activating group) is 1. The van der Waals surface area contributed by atoms with Crippen molar-refractivity contribution < 1.29 is 13.9 Å². The van der Waals surface area contributed by atoms with Crippen molar-refractivity contribution in [3.63, 3.8) is 0 Å². The van der Waals surface area contributed by atoms with Gasteiger partial charge < -0.3 is 4.74 Å². The molecular formula is C11H12N2O4S. The van der Waals surface area contributed by atoms with Crippen LogP contribution >= 0.6 is 11.9 Å². The summed E-state index contributed by atoms with van der Waals surface area (Å²) in [5.74, 6) is 0.429. The van der Waals surface area contributed by atoms with E-state index in [2.05, 4.69) is 0 Å². The first-order valence-electron chi connectivity index (χ1n) is 5.29. The molecular weight excluding hydrogens is 256 g/mol. The standard InChI is InChI=1S/C11H12N2O4S/c1-12(2)9-6-17-10-4-3-7(18-13(15)16)5-8(10)11(9)14/h3-5,9H,6H2,1-2H3. The number of nitro groups is 1. The summed E-state index contributed by atoms with van der Waals surface area (Å²) in [4.78, 5) is 24.8. The lowest BCUT2D eigenvalue weighted by atomic mass is 10.0. The zero-order chi connectivity index (χ0) is 13.3. The van der Waals surface area contributed by atoms with E-state index >= 15 is 0 Å². The van der Waals surface area contributed by atoms with Gasteiger partial charge in [0, 0.05) is 0 Å². The first-order valence-corrected chi connectivity index (χ1v) is 6.06. The Morgan fingerprint density at radius 1 is 1.50 bits per heavy atom. The summed E-state index contributed by atoms with van der Waals surface area (Å²) < 4.78 is 4.99. The van der Waals surface area contributed by atoms with Gasteiger partial charge in [-0.1, -0.05) is 0 Å². The maximum atomic E-state index is 12.2. The number of hydrogen-bond donors (Lipinski definition) is 0. The number of nitrogens with zero attached hydrogens (tertiary/aromatic N) is 2. The fraction of sp³-hybridized carbons (Fsp3) is 0.364. The minimum atomic E-state index is -0.501. The number of benzene rings is 1. The molecule has 96 valence electrons. The molecule has 0 aliphatic carbocycles. The third-order valence-corrected chi connectivity index (χ3v) is 3.33. The van der Waals surface area contributed by atoms with Crippen LogP contribution in [0.1, 0.15) is 10.4 Å². The lowest BCUT2D eigenvalue weighted by Crippen LogP contribution is -2.43. The predicted molar refractivity (Wildman–Crippen MR) is 66.6 cm³/mol. The number of rotatable bonds is 3. The summed E-state index contributed by atoms with van der Waals surface area (Å²) >= 11 is 0.484. The largest absolute Gasteiger partial charge is 0.491 e. The van der Waals surface area contributed by atoms with Crippen LogP contribution in [0.4, 0.5) is 0 Å². The Balaban J connectivity index is 2.33. The highest BCUT2D eigenvalue weighted by Crippen LogP contribution is 2.30. The summed E-state index contributed by atoms with van der Waals surface area (Å²) in [7, 11) is 3.60. The average Bonchev–Trinajstić information content (AvgIpc) is 2.29. The van der Waals surface area contributed by atoms with Crippen LogP contribution in [0.3, 0.4) is 0 Å². The lowest BCUT2D eigenvalue weighted by Gasteiger charge is -2.28. The van der Waals surface area contributed by atoms with Crippen molar-refractivity contribution in [2.45, 2.75) is 10.9 Å². The molecule has 0 radical (unpaired) electrons. The molecule has 0 N–H and O–H groups in total. The Kier molecular flexibility index (Phi) is 3.53. The van der Waals surface area contributed by atoms with E-state index in [-0.39, 0.29) is 11.8 Å². The molecule has 18 heavy (non-hydrogen) atoms. The van der Waals surface area contributed by atoms with Gasteiger partial charge in [0.15, 0.2) is 5.78 Å². The summed E-state index contributed by atoms with van der Waals surface area (Å²) in [5, 5.41) is 10.4. The number of Topliss-reactive ketones (excluding diaryl/α,β-unsaturated/α-hetero) is 1. The van der Waals surface area contributed by atoms with Gasteiger partial charge in [0.05, 0.1) is 10.5 Å². The molecule has 0 fully saturated rings. The minimum absolute atomic E-state index is 0.0629. The molecule has 1 heterocycles. The highest BCUT2D eigenvalue weighted by atomic mass is 32.2. The van der Waals surface area contributed by atoms with Gasteiger partial charge in [0.25, 0.3) is 11.9 Å². The highest BCUT2D eigenvalue weighted by molar-refractivity contribution is 7.93. The molecule has 0 saturated carbocycles. The van der Waals surface area contributed by atoms with Crippen LogP contribution in [0.2, 0.25) is 0 Å². The highest BCUT2D eigenvalue weighted by Gasteiger charge is 2.30. The Hall–Kier alpha value is -1.60.